The molecule has 18 heavy (non-hydrogen) atoms. The fourth-order valence-electron chi connectivity index (χ4n) is 1.38. The van der Waals surface area contributed by atoms with E-state index in [-0.39, 0.29) is 5.84 Å². The highest BCUT2D eigenvalue weighted by Crippen LogP contribution is 2.36. The van der Waals surface area contributed by atoms with Crippen LogP contribution in [0.2, 0.25) is 0 Å². The standard InChI is InChI=1S/C12H16Br2N2O2/c1-17-10-6-9(14)11(7-8(10)13)18-5-3-2-4-12(15)16/h6-7H,2-5H2,1H3,(H3,15,16). The molecule has 0 atom stereocenters. The monoisotopic (exact) mass is 378 g/mol. The Bertz CT molecular complexity index is 425. The van der Waals surface area contributed by atoms with Gasteiger partial charge in [-0.25, -0.2) is 0 Å². The average Bonchev–Trinajstić information content (AvgIpc) is 2.32. The van der Waals surface area contributed by atoms with Gasteiger partial charge in [-0.1, -0.05) is 0 Å². The van der Waals surface area contributed by atoms with Crippen molar-refractivity contribution in [3.63, 3.8) is 0 Å². The molecule has 1 rings (SSSR count). The van der Waals surface area contributed by atoms with Gasteiger partial charge in [-0.05, 0) is 56.8 Å². The number of nitrogens with one attached hydrogen (secondary N) is 1. The number of benzene rings is 1. The number of halogens is 2. The van der Waals surface area contributed by atoms with Crippen molar-refractivity contribution in [3.8, 4) is 11.5 Å². The topological polar surface area (TPSA) is 68.3 Å². The van der Waals surface area contributed by atoms with Crippen LogP contribution in [0.15, 0.2) is 21.1 Å². The molecule has 1 aromatic carbocycles. The van der Waals surface area contributed by atoms with Gasteiger partial charge in [0.1, 0.15) is 11.5 Å². The van der Waals surface area contributed by atoms with E-state index < -0.39 is 0 Å². The highest BCUT2D eigenvalue weighted by atomic mass is 79.9. The lowest BCUT2D eigenvalue weighted by Crippen LogP contribution is -2.09. The minimum Gasteiger partial charge on any atom is -0.496 e. The van der Waals surface area contributed by atoms with Gasteiger partial charge in [-0.2, -0.15) is 0 Å². The van der Waals surface area contributed by atoms with Gasteiger partial charge in [0.05, 0.1) is 28.5 Å². The molecule has 0 unspecified atom stereocenters. The molecule has 0 spiro atoms. The fraction of sp³-hybridized carbons (Fsp3) is 0.417. The van der Waals surface area contributed by atoms with Crippen molar-refractivity contribution in [3.05, 3.63) is 21.1 Å². The third kappa shape index (κ3) is 4.86. The maximum absolute atomic E-state index is 7.11. The third-order valence-corrected chi connectivity index (χ3v) is 3.54. The smallest absolute Gasteiger partial charge is 0.134 e. The minimum absolute atomic E-state index is 0.225. The molecule has 6 heteroatoms. The summed E-state index contributed by atoms with van der Waals surface area (Å²) in [6, 6.07) is 3.73. The van der Waals surface area contributed by atoms with Gasteiger partial charge in [-0.3, -0.25) is 5.41 Å². The van der Waals surface area contributed by atoms with Crippen LogP contribution in [0, 0.1) is 5.41 Å². The quantitative estimate of drug-likeness (QED) is 0.431. The summed E-state index contributed by atoms with van der Waals surface area (Å²) in [5, 5.41) is 7.11. The molecule has 0 saturated heterocycles. The second-order valence-corrected chi connectivity index (χ2v) is 5.46. The number of ether oxygens (including phenoxy) is 2. The van der Waals surface area contributed by atoms with E-state index >= 15 is 0 Å². The number of unbranched alkanes of at least 4 members (excludes halogenated alkanes) is 1. The molecule has 0 amide bonds. The van der Waals surface area contributed by atoms with E-state index in [2.05, 4.69) is 31.9 Å². The SMILES string of the molecule is COc1cc(Br)c(OCCCCC(=N)N)cc1Br. The lowest BCUT2D eigenvalue weighted by Gasteiger charge is -2.11. The van der Waals surface area contributed by atoms with Crippen LogP contribution >= 0.6 is 31.9 Å². The Labute approximate surface area is 124 Å². The first-order valence-electron chi connectivity index (χ1n) is 5.53. The van der Waals surface area contributed by atoms with Crippen LogP contribution in [-0.4, -0.2) is 19.6 Å². The number of hydrogen-bond acceptors (Lipinski definition) is 3. The van der Waals surface area contributed by atoms with Gasteiger partial charge in [0.2, 0.25) is 0 Å². The Morgan fingerprint density at radius 1 is 1.22 bits per heavy atom. The number of rotatable bonds is 7. The first-order chi connectivity index (χ1) is 8.54. The van der Waals surface area contributed by atoms with Crippen LogP contribution in [0.25, 0.3) is 0 Å². The van der Waals surface area contributed by atoms with E-state index in [0.29, 0.717) is 13.0 Å². The van der Waals surface area contributed by atoms with E-state index in [1.165, 1.54) is 0 Å². The molecule has 0 heterocycles. The van der Waals surface area contributed by atoms with Crippen molar-refractivity contribution in [2.75, 3.05) is 13.7 Å². The van der Waals surface area contributed by atoms with Crippen LogP contribution in [0.5, 0.6) is 11.5 Å². The van der Waals surface area contributed by atoms with Crippen LogP contribution in [0.4, 0.5) is 0 Å². The normalized spacial score (nSPS) is 10.2. The fourth-order valence-corrected chi connectivity index (χ4v) is 2.30. The Balaban J connectivity index is 2.47. The number of hydrogen-bond donors (Lipinski definition) is 2. The first-order valence-corrected chi connectivity index (χ1v) is 7.12. The molecule has 0 saturated carbocycles. The summed E-state index contributed by atoms with van der Waals surface area (Å²) in [5.74, 6) is 1.75. The van der Waals surface area contributed by atoms with Crippen molar-refractivity contribution in [1.29, 1.82) is 5.41 Å². The molecule has 3 N–H and O–H groups in total. The van der Waals surface area contributed by atoms with Gasteiger partial charge < -0.3 is 15.2 Å². The van der Waals surface area contributed by atoms with E-state index in [0.717, 1.165) is 33.3 Å². The van der Waals surface area contributed by atoms with E-state index in [1.54, 1.807) is 7.11 Å². The summed E-state index contributed by atoms with van der Waals surface area (Å²) < 4.78 is 12.5. The lowest BCUT2D eigenvalue weighted by atomic mass is 10.2. The minimum atomic E-state index is 0.225. The number of methoxy groups -OCH3 is 1. The summed E-state index contributed by atoms with van der Waals surface area (Å²) in [6.07, 6.45) is 2.36. The Hall–Kier alpha value is -0.750. The van der Waals surface area contributed by atoms with E-state index in [9.17, 15) is 0 Å². The summed E-state index contributed by atoms with van der Waals surface area (Å²) in [4.78, 5) is 0. The summed E-state index contributed by atoms with van der Waals surface area (Å²) in [6.45, 7) is 0.602. The zero-order valence-electron chi connectivity index (χ0n) is 10.1. The van der Waals surface area contributed by atoms with Gasteiger partial charge >= 0.3 is 0 Å². The van der Waals surface area contributed by atoms with Gasteiger partial charge in [0.15, 0.2) is 0 Å². The Morgan fingerprint density at radius 2 is 1.83 bits per heavy atom. The maximum Gasteiger partial charge on any atom is 0.134 e. The molecule has 1 aromatic rings. The molecule has 100 valence electrons. The predicted octanol–water partition coefficient (Wildman–Crippen LogP) is 3.71. The van der Waals surface area contributed by atoms with Crippen molar-refractivity contribution in [2.45, 2.75) is 19.3 Å². The first kappa shape index (κ1) is 15.3. The summed E-state index contributed by atoms with van der Waals surface area (Å²) in [7, 11) is 1.62. The third-order valence-electron chi connectivity index (χ3n) is 2.30. The largest absolute Gasteiger partial charge is 0.496 e. The zero-order chi connectivity index (χ0) is 13.5. The van der Waals surface area contributed by atoms with Gasteiger partial charge in [0, 0.05) is 6.42 Å². The molecule has 0 aromatic heterocycles. The number of nitrogens with two attached hydrogens (primary N) is 1. The summed E-state index contributed by atoms with van der Waals surface area (Å²) >= 11 is 6.85. The second-order valence-electron chi connectivity index (χ2n) is 3.75. The molecule has 0 fully saturated rings. The Kier molecular flexibility index (Phi) is 6.49. The molecule has 0 radical (unpaired) electrons. The molecule has 0 aliphatic heterocycles. The molecule has 4 nitrogen and oxygen atoms in total. The van der Waals surface area contributed by atoms with Crippen molar-refractivity contribution >= 4 is 37.7 Å². The van der Waals surface area contributed by atoms with E-state index in [1.807, 2.05) is 12.1 Å². The van der Waals surface area contributed by atoms with Crippen LogP contribution in [0.3, 0.4) is 0 Å². The molecular formula is C12H16Br2N2O2. The molecule has 0 bridgehead atoms. The van der Waals surface area contributed by atoms with Crippen LogP contribution < -0.4 is 15.2 Å². The van der Waals surface area contributed by atoms with Crippen molar-refractivity contribution in [1.82, 2.24) is 0 Å². The second kappa shape index (κ2) is 7.63. The van der Waals surface area contributed by atoms with Crippen molar-refractivity contribution in [2.24, 2.45) is 5.73 Å². The predicted molar refractivity (Wildman–Crippen MR) is 79.7 cm³/mol. The highest BCUT2D eigenvalue weighted by molar-refractivity contribution is 9.11. The highest BCUT2D eigenvalue weighted by Gasteiger charge is 2.07. The lowest BCUT2D eigenvalue weighted by molar-refractivity contribution is 0.305. The molecule has 0 aliphatic rings. The van der Waals surface area contributed by atoms with Gasteiger partial charge in [0.25, 0.3) is 0 Å². The summed E-state index contributed by atoms with van der Waals surface area (Å²) in [5.41, 5.74) is 5.28. The average molecular weight is 380 g/mol. The van der Waals surface area contributed by atoms with Gasteiger partial charge in [-0.15, -0.1) is 0 Å². The Morgan fingerprint density at radius 3 is 2.44 bits per heavy atom. The zero-order valence-corrected chi connectivity index (χ0v) is 13.3. The molecular weight excluding hydrogens is 364 g/mol. The van der Waals surface area contributed by atoms with Crippen LogP contribution in [-0.2, 0) is 0 Å². The van der Waals surface area contributed by atoms with Crippen LogP contribution in [0.1, 0.15) is 19.3 Å². The number of amidine groups is 1. The van der Waals surface area contributed by atoms with E-state index in [4.69, 9.17) is 20.6 Å². The molecule has 0 aliphatic carbocycles. The maximum atomic E-state index is 7.11. The van der Waals surface area contributed by atoms with Crippen molar-refractivity contribution < 1.29 is 9.47 Å².